The van der Waals surface area contributed by atoms with Gasteiger partial charge in [-0.3, -0.25) is 5.32 Å². The van der Waals surface area contributed by atoms with Crippen LogP contribution in [0.3, 0.4) is 0 Å². The molecule has 0 spiro atoms. The second-order valence-electron chi connectivity index (χ2n) is 7.42. The van der Waals surface area contributed by atoms with Crippen molar-refractivity contribution in [2.24, 2.45) is 0 Å². The molecule has 1 aliphatic heterocycles. The molecule has 168 valence electrons. The summed E-state index contributed by atoms with van der Waals surface area (Å²) in [5.74, 6) is 0.300. The summed E-state index contributed by atoms with van der Waals surface area (Å²) in [6.45, 7) is -0.423. The monoisotopic (exact) mass is 429 g/mol. The number of anilines is 1. The van der Waals surface area contributed by atoms with Crippen LogP contribution in [0.15, 0.2) is 24.3 Å². The van der Waals surface area contributed by atoms with Crippen LogP contribution in [0.1, 0.15) is 25.7 Å². The summed E-state index contributed by atoms with van der Waals surface area (Å²) < 4.78 is 35.1. The van der Waals surface area contributed by atoms with Gasteiger partial charge in [0.25, 0.3) is 0 Å². The SMILES string of the molecule is COC1C(CO)OC(Oc2ccc(NC(=O)OC3CCCCC3F)cc2)C(O)C1O. The molecule has 7 unspecified atom stereocenters. The number of aliphatic hydroxyl groups excluding tert-OH is 3. The molecule has 1 aromatic carbocycles. The lowest BCUT2D eigenvalue weighted by atomic mass is 9.96. The minimum absolute atomic E-state index is 0.300. The standard InChI is InChI=1S/C20H28FNO8/c1-27-18-15(10-23)29-19(17(25)16(18)24)28-12-8-6-11(7-9-12)22-20(26)30-14-5-3-2-4-13(14)21/h6-9,13-19,23-25H,2-5,10H2,1H3,(H,22,26). The molecular formula is C20H28FNO8. The average Bonchev–Trinajstić information content (AvgIpc) is 2.74. The Balaban J connectivity index is 1.54. The predicted octanol–water partition coefficient (Wildman–Crippen LogP) is 1.35. The maximum absolute atomic E-state index is 13.8. The highest BCUT2D eigenvalue weighted by Gasteiger charge is 2.45. The summed E-state index contributed by atoms with van der Waals surface area (Å²) in [5.41, 5.74) is 0.413. The summed E-state index contributed by atoms with van der Waals surface area (Å²) in [7, 11) is 1.34. The van der Waals surface area contributed by atoms with Crippen molar-refractivity contribution in [3.05, 3.63) is 24.3 Å². The van der Waals surface area contributed by atoms with Gasteiger partial charge < -0.3 is 34.3 Å². The quantitative estimate of drug-likeness (QED) is 0.534. The van der Waals surface area contributed by atoms with Gasteiger partial charge in [-0.15, -0.1) is 0 Å². The van der Waals surface area contributed by atoms with E-state index >= 15 is 0 Å². The second-order valence-corrected chi connectivity index (χ2v) is 7.42. The molecule has 4 N–H and O–H groups in total. The normalized spacial score (nSPS) is 34.2. The Morgan fingerprint density at radius 3 is 2.53 bits per heavy atom. The van der Waals surface area contributed by atoms with Crippen LogP contribution in [-0.2, 0) is 14.2 Å². The highest BCUT2D eigenvalue weighted by atomic mass is 19.1. The molecule has 2 fully saturated rings. The largest absolute Gasteiger partial charge is 0.462 e. The number of ether oxygens (including phenoxy) is 4. The molecule has 30 heavy (non-hydrogen) atoms. The van der Waals surface area contributed by atoms with Crippen molar-refractivity contribution in [2.75, 3.05) is 19.0 Å². The van der Waals surface area contributed by atoms with Crippen molar-refractivity contribution in [1.82, 2.24) is 0 Å². The fourth-order valence-corrected chi connectivity index (χ4v) is 3.66. The number of carbonyl (C=O) groups is 1. The Hall–Kier alpha value is -1.98. The summed E-state index contributed by atoms with van der Waals surface area (Å²) in [5, 5.41) is 32.3. The van der Waals surface area contributed by atoms with E-state index in [9.17, 15) is 24.5 Å². The smallest absolute Gasteiger partial charge is 0.411 e. The van der Waals surface area contributed by atoms with Crippen LogP contribution in [0.5, 0.6) is 5.75 Å². The van der Waals surface area contributed by atoms with E-state index in [1.165, 1.54) is 31.4 Å². The Bertz CT molecular complexity index is 688. The van der Waals surface area contributed by atoms with Crippen LogP contribution in [0, 0.1) is 0 Å². The van der Waals surface area contributed by atoms with Gasteiger partial charge in [-0.1, -0.05) is 6.42 Å². The number of carbonyl (C=O) groups excluding carboxylic acids is 1. The number of hydrogen-bond acceptors (Lipinski definition) is 8. The molecule has 2 aliphatic rings. The first kappa shape index (κ1) is 22.7. The number of alkyl halides is 1. The van der Waals surface area contributed by atoms with E-state index in [1.807, 2.05) is 0 Å². The zero-order valence-electron chi connectivity index (χ0n) is 16.6. The molecule has 1 aromatic rings. The average molecular weight is 429 g/mol. The van der Waals surface area contributed by atoms with Crippen LogP contribution >= 0.6 is 0 Å². The number of rotatable bonds is 6. The molecule has 1 saturated heterocycles. The molecule has 1 saturated carbocycles. The first-order valence-electron chi connectivity index (χ1n) is 9.96. The number of nitrogens with one attached hydrogen (secondary N) is 1. The molecule has 0 aromatic heterocycles. The lowest BCUT2D eigenvalue weighted by Gasteiger charge is -2.41. The van der Waals surface area contributed by atoms with Gasteiger partial charge in [0, 0.05) is 12.8 Å². The van der Waals surface area contributed by atoms with Gasteiger partial charge in [0.05, 0.1) is 6.61 Å². The minimum atomic E-state index is -1.39. The number of halogens is 1. The molecule has 1 aliphatic carbocycles. The Morgan fingerprint density at radius 1 is 1.20 bits per heavy atom. The van der Waals surface area contributed by atoms with Gasteiger partial charge in [-0.2, -0.15) is 0 Å². The molecule has 9 nitrogen and oxygen atoms in total. The highest BCUT2D eigenvalue weighted by Crippen LogP contribution is 2.27. The van der Waals surface area contributed by atoms with Gasteiger partial charge in [0.1, 0.15) is 42.4 Å². The first-order valence-corrected chi connectivity index (χ1v) is 9.96. The zero-order valence-corrected chi connectivity index (χ0v) is 16.6. The maximum Gasteiger partial charge on any atom is 0.411 e. The Labute approximate surface area is 173 Å². The Morgan fingerprint density at radius 2 is 1.90 bits per heavy atom. The third kappa shape index (κ3) is 5.38. The number of methoxy groups -OCH3 is 1. The van der Waals surface area contributed by atoms with Crippen LogP contribution in [0.25, 0.3) is 0 Å². The van der Waals surface area contributed by atoms with E-state index in [2.05, 4.69) is 5.32 Å². The van der Waals surface area contributed by atoms with Gasteiger partial charge in [0.2, 0.25) is 6.29 Å². The maximum atomic E-state index is 13.8. The van der Waals surface area contributed by atoms with Gasteiger partial charge >= 0.3 is 6.09 Å². The summed E-state index contributed by atoms with van der Waals surface area (Å²) >= 11 is 0. The van der Waals surface area contributed by atoms with E-state index in [0.29, 0.717) is 24.3 Å². The van der Waals surface area contributed by atoms with Gasteiger partial charge in [-0.25, -0.2) is 9.18 Å². The third-order valence-corrected chi connectivity index (χ3v) is 5.33. The molecule has 7 atom stereocenters. The van der Waals surface area contributed by atoms with Gasteiger partial charge in [0.15, 0.2) is 0 Å². The summed E-state index contributed by atoms with van der Waals surface area (Å²) in [6, 6.07) is 6.12. The van der Waals surface area contributed by atoms with E-state index in [0.717, 1.165) is 12.8 Å². The number of hydrogen-bond donors (Lipinski definition) is 4. The van der Waals surface area contributed by atoms with Crippen molar-refractivity contribution in [3.63, 3.8) is 0 Å². The summed E-state index contributed by atoms with van der Waals surface area (Å²) in [6.07, 6.45) is -5.75. The fraction of sp³-hybridized carbons (Fsp3) is 0.650. The first-order chi connectivity index (χ1) is 14.4. The van der Waals surface area contributed by atoms with Crippen LogP contribution < -0.4 is 10.1 Å². The second kappa shape index (κ2) is 10.4. The predicted molar refractivity (Wildman–Crippen MR) is 103 cm³/mol. The van der Waals surface area contributed by atoms with E-state index in [4.69, 9.17) is 18.9 Å². The van der Waals surface area contributed by atoms with Crippen LogP contribution in [-0.4, -0.2) is 78.1 Å². The van der Waals surface area contributed by atoms with E-state index in [1.54, 1.807) is 0 Å². The number of benzene rings is 1. The lowest BCUT2D eigenvalue weighted by molar-refractivity contribution is -0.281. The van der Waals surface area contributed by atoms with Crippen molar-refractivity contribution in [3.8, 4) is 5.75 Å². The molecule has 10 heteroatoms. The van der Waals surface area contributed by atoms with E-state index in [-0.39, 0.29) is 0 Å². The molecule has 0 bridgehead atoms. The third-order valence-electron chi connectivity index (χ3n) is 5.33. The molecule has 0 radical (unpaired) electrons. The zero-order chi connectivity index (χ0) is 21.7. The van der Waals surface area contributed by atoms with Crippen LogP contribution in [0.2, 0.25) is 0 Å². The number of aliphatic hydroxyl groups is 3. The minimum Gasteiger partial charge on any atom is -0.462 e. The molecule has 1 amide bonds. The fourth-order valence-electron chi connectivity index (χ4n) is 3.66. The highest BCUT2D eigenvalue weighted by molar-refractivity contribution is 5.84. The van der Waals surface area contributed by atoms with E-state index < -0.39 is 55.7 Å². The Kier molecular flexibility index (Phi) is 7.84. The van der Waals surface area contributed by atoms with Crippen molar-refractivity contribution < 1.29 is 43.5 Å². The summed E-state index contributed by atoms with van der Waals surface area (Å²) in [4.78, 5) is 12.0. The lowest BCUT2D eigenvalue weighted by Crippen LogP contribution is -2.60. The number of amides is 1. The van der Waals surface area contributed by atoms with Crippen molar-refractivity contribution >= 4 is 11.8 Å². The molecule has 1 heterocycles. The van der Waals surface area contributed by atoms with Crippen molar-refractivity contribution in [1.29, 1.82) is 0 Å². The van der Waals surface area contributed by atoms with Crippen molar-refractivity contribution in [2.45, 2.75) is 68.7 Å². The molecular weight excluding hydrogens is 401 g/mol. The topological polar surface area (TPSA) is 127 Å². The van der Waals surface area contributed by atoms with Crippen LogP contribution in [0.4, 0.5) is 14.9 Å². The molecule has 3 rings (SSSR count). The van der Waals surface area contributed by atoms with Gasteiger partial charge in [-0.05, 0) is 43.5 Å².